The summed E-state index contributed by atoms with van der Waals surface area (Å²) in [4.78, 5) is 16.2. The lowest BCUT2D eigenvalue weighted by Crippen LogP contribution is -2.00. The van der Waals surface area contributed by atoms with Gasteiger partial charge in [0.15, 0.2) is 11.6 Å². The predicted molar refractivity (Wildman–Crippen MR) is 97.0 cm³/mol. The van der Waals surface area contributed by atoms with Gasteiger partial charge in [0.25, 0.3) is 0 Å². The molecule has 0 radical (unpaired) electrons. The Morgan fingerprint density at radius 1 is 1.20 bits per heavy atom. The molecule has 0 fully saturated rings. The third kappa shape index (κ3) is 2.29. The van der Waals surface area contributed by atoms with Gasteiger partial charge >= 0.3 is 0 Å². The van der Waals surface area contributed by atoms with Gasteiger partial charge in [-0.2, -0.15) is 0 Å². The average Bonchev–Trinajstić information content (AvgIpc) is 3.28. The highest BCUT2D eigenvalue weighted by molar-refractivity contribution is 6.12. The Morgan fingerprint density at radius 2 is 2.00 bits per heavy atom. The highest BCUT2D eigenvalue weighted by Gasteiger charge is 2.23. The first-order valence-corrected chi connectivity index (χ1v) is 8.27. The van der Waals surface area contributed by atoms with Crippen molar-refractivity contribution in [2.24, 2.45) is 5.18 Å². The molecule has 4 rings (SSSR count). The molecule has 0 aliphatic carbocycles. The molecule has 0 spiro atoms. The minimum atomic E-state index is 0.111. The van der Waals surface area contributed by atoms with Crippen molar-refractivity contribution in [3.63, 3.8) is 0 Å². The fourth-order valence-electron chi connectivity index (χ4n) is 3.23. The van der Waals surface area contributed by atoms with Crippen LogP contribution in [0.4, 0.5) is 5.69 Å². The maximum absolute atomic E-state index is 11.6. The van der Waals surface area contributed by atoms with E-state index in [4.69, 9.17) is 4.42 Å². The summed E-state index contributed by atoms with van der Waals surface area (Å²) in [5, 5.41) is 15.3. The molecule has 0 amide bonds. The number of unbranched alkanes of at least 4 members (excludes halogenated alkanes) is 1. The number of aromatic hydroxyl groups is 1. The molecule has 2 heterocycles. The van der Waals surface area contributed by atoms with Gasteiger partial charge in [-0.15, -0.1) is 4.91 Å². The minimum Gasteiger partial charge on any atom is -0.505 e. The van der Waals surface area contributed by atoms with Crippen LogP contribution in [0.1, 0.15) is 19.8 Å². The number of hydrogen-bond donors (Lipinski definition) is 1. The van der Waals surface area contributed by atoms with Crippen molar-refractivity contribution in [3.05, 3.63) is 47.6 Å². The van der Waals surface area contributed by atoms with Gasteiger partial charge in [-0.05, 0) is 23.7 Å². The van der Waals surface area contributed by atoms with Gasteiger partial charge < -0.3 is 14.1 Å². The summed E-state index contributed by atoms with van der Waals surface area (Å²) >= 11 is 0. The lowest BCUT2D eigenvalue weighted by molar-refractivity contribution is 0.482. The van der Waals surface area contributed by atoms with E-state index in [-0.39, 0.29) is 11.4 Å². The summed E-state index contributed by atoms with van der Waals surface area (Å²) in [6.07, 6.45) is 3.48. The average molecular weight is 335 g/mol. The Hall–Kier alpha value is -3.15. The van der Waals surface area contributed by atoms with Crippen LogP contribution in [0.3, 0.4) is 0 Å². The third-order valence-electron chi connectivity index (χ3n) is 4.42. The lowest BCUT2D eigenvalue weighted by atomic mass is 10.1. The number of phenolic OH excluding ortho intramolecular Hbond substituents is 1. The molecule has 0 aliphatic rings. The first-order chi connectivity index (χ1) is 12.3. The normalized spacial score (nSPS) is 11.4. The molecule has 6 nitrogen and oxygen atoms in total. The van der Waals surface area contributed by atoms with E-state index in [1.54, 1.807) is 24.5 Å². The maximum atomic E-state index is 11.6. The van der Waals surface area contributed by atoms with E-state index in [1.807, 2.05) is 22.8 Å². The maximum Gasteiger partial charge on any atom is 0.177 e. The third-order valence-corrected chi connectivity index (χ3v) is 4.42. The first-order valence-electron chi connectivity index (χ1n) is 8.27. The van der Waals surface area contributed by atoms with Crippen LogP contribution in [-0.4, -0.2) is 14.7 Å². The number of fused-ring (bicyclic) bond motifs is 2. The number of aromatic nitrogens is 2. The number of benzene rings is 2. The van der Waals surface area contributed by atoms with Crippen molar-refractivity contribution in [3.8, 4) is 17.3 Å². The number of phenols is 1. The summed E-state index contributed by atoms with van der Waals surface area (Å²) in [5.74, 6) is 1.29. The molecule has 0 aliphatic heterocycles. The zero-order valence-corrected chi connectivity index (χ0v) is 13.8. The highest BCUT2D eigenvalue weighted by Crippen LogP contribution is 2.43. The molecule has 2 aromatic heterocycles. The Bertz CT molecular complexity index is 1060. The second kappa shape index (κ2) is 6.05. The summed E-state index contributed by atoms with van der Waals surface area (Å²) in [5.41, 5.74) is 1.16. The molecule has 0 bridgehead atoms. The summed E-state index contributed by atoms with van der Waals surface area (Å²) in [6.45, 7) is 2.76. The van der Waals surface area contributed by atoms with Crippen LogP contribution < -0.4 is 0 Å². The van der Waals surface area contributed by atoms with E-state index in [0.717, 1.165) is 12.8 Å². The largest absolute Gasteiger partial charge is 0.505 e. The minimum absolute atomic E-state index is 0.111. The van der Waals surface area contributed by atoms with Gasteiger partial charge in [0, 0.05) is 17.3 Å². The number of rotatable bonds is 5. The molecule has 1 N–H and O–H groups in total. The van der Waals surface area contributed by atoms with Crippen molar-refractivity contribution in [2.75, 3.05) is 0 Å². The molecule has 4 aromatic rings. The van der Waals surface area contributed by atoms with E-state index in [2.05, 4.69) is 17.1 Å². The Labute approximate surface area is 143 Å². The van der Waals surface area contributed by atoms with Crippen molar-refractivity contribution in [1.29, 1.82) is 0 Å². The molecule has 25 heavy (non-hydrogen) atoms. The Morgan fingerprint density at radius 3 is 2.68 bits per heavy atom. The second-order valence-corrected chi connectivity index (χ2v) is 5.95. The summed E-state index contributed by atoms with van der Waals surface area (Å²) in [6, 6.07) is 10.8. The van der Waals surface area contributed by atoms with Crippen molar-refractivity contribution in [2.45, 2.75) is 26.3 Å². The first kappa shape index (κ1) is 15.4. The number of nitroso groups, excluding NO2 is 1. The molecule has 0 saturated heterocycles. The SMILES string of the molecule is CCCCn1c(-c2ccco2)nc2c(N=O)c3ccccc3c(O)c21. The number of imidazole rings is 1. The molecular weight excluding hydrogens is 318 g/mol. The summed E-state index contributed by atoms with van der Waals surface area (Å²) < 4.78 is 7.42. The number of hydrogen-bond acceptors (Lipinski definition) is 5. The van der Waals surface area contributed by atoms with Crippen molar-refractivity contribution >= 4 is 27.5 Å². The van der Waals surface area contributed by atoms with E-state index in [0.29, 0.717) is 39.9 Å². The number of furan rings is 1. The number of nitrogens with zero attached hydrogens (tertiary/aromatic N) is 3. The Balaban J connectivity index is 2.15. The van der Waals surface area contributed by atoms with Crippen LogP contribution in [0, 0.1) is 4.91 Å². The predicted octanol–water partition coefficient (Wildman–Crippen LogP) is 5.35. The van der Waals surface area contributed by atoms with Gasteiger partial charge in [-0.1, -0.05) is 37.6 Å². The smallest absolute Gasteiger partial charge is 0.177 e. The van der Waals surface area contributed by atoms with Gasteiger partial charge in [0.05, 0.1) is 6.26 Å². The molecule has 126 valence electrons. The lowest BCUT2D eigenvalue weighted by Gasteiger charge is -2.10. The molecule has 0 atom stereocenters. The fourth-order valence-corrected chi connectivity index (χ4v) is 3.23. The fraction of sp³-hybridized carbons (Fsp3) is 0.211. The molecular formula is C19H17N3O3. The molecule has 0 unspecified atom stereocenters. The van der Waals surface area contributed by atoms with Crippen LogP contribution in [0.25, 0.3) is 33.4 Å². The van der Waals surface area contributed by atoms with Crippen LogP contribution >= 0.6 is 0 Å². The van der Waals surface area contributed by atoms with E-state index >= 15 is 0 Å². The van der Waals surface area contributed by atoms with Crippen molar-refractivity contribution < 1.29 is 9.52 Å². The molecule has 6 heteroatoms. The van der Waals surface area contributed by atoms with Crippen LogP contribution in [-0.2, 0) is 6.54 Å². The molecule has 2 aromatic carbocycles. The Kier molecular flexibility index (Phi) is 3.72. The van der Waals surface area contributed by atoms with Crippen LogP contribution in [0.2, 0.25) is 0 Å². The zero-order chi connectivity index (χ0) is 17.4. The zero-order valence-electron chi connectivity index (χ0n) is 13.8. The van der Waals surface area contributed by atoms with E-state index in [9.17, 15) is 10.0 Å². The van der Waals surface area contributed by atoms with Gasteiger partial charge in [0.2, 0.25) is 0 Å². The van der Waals surface area contributed by atoms with Gasteiger partial charge in [-0.3, -0.25) is 0 Å². The van der Waals surface area contributed by atoms with Crippen LogP contribution in [0.5, 0.6) is 5.75 Å². The number of aryl methyl sites for hydroxylation is 1. The highest BCUT2D eigenvalue weighted by atomic mass is 16.3. The quantitative estimate of drug-likeness (QED) is 0.498. The van der Waals surface area contributed by atoms with Crippen molar-refractivity contribution in [1.82, 2.24) is 9.55 Å². The van der Waals surface area contributed by atoms with Gasteiger partial charge in [-0.25, -0.2) is 4.98 Å². The van der Waals surface area contributed by atoms with Gasteiger partial charge in [0.1, 0.15) is 22.5 Å². The molecule has 0 saturated carbocycles. The second-order valence-electron chi connectivity index (χ2n) is 5.95. The topological polar surface area (TPSA) is 80.6 Å². The van der Waals surface area contributed by atoms with E-state index < -0.39 is 0 Å². The van der Waals surface area contributed by atoms with Crippen LogP contribution in [0.15, 0.2) is 52.3 Å². The van der Waals surface area contributed by atoms with E-state index in [1.165, 1.54) is 0 Å². The standard InChI is InChI=1S/C19H17N3O3/c1-2-3-10-22-17-16(20-19(22)14-9-6-11-25-14)15(21-24)12-7-4-5-8-13(12)18(17)23/h4-9,11,23H,2-3,10H2,1H3. The summed E-state index contributed by atoms with van der Waals surface area (Å²) in [7, 11) is 0. The monoisotopic (exact) mass is 335 g/mol.